The van der Waals surface area contributed by atoms with Crippen LogP contribution in [0, 0.1) is 0 Å². The van der Waals surface area contributed by atoms with Crippen molar-refractivity contribution in [3.8, 4) is 0 Å². The summed E-state index contributed by atoms with van der Waals surface area (Å²) in [6.07, 6.45) is 3.30. The Morgan fingerprint density at radius 1 is 1.73 bits per heavy atom. The van der Waals surface area contributed by atoms with Gasteiger partial charge in [0.05, 0.1) is 5.69 Å². The summed E-state index contributed by atoms with van der Waals surface area (Å²) < 4.78 is 0. The minimum atomic E-state index is -0.899. The van der Waals surface area contributed by atoms with Crippen molar-refractivity contribution in [2.75, 3.05) is 11.5 Å². The standard InChI is InChI=1S/C10H12N2O2S/c1-7(10(13)14)4-6-15-9-8(11)3-2-5-12-9/h2-5H,6,11H2,1H3,(H,13,14). The number of aromatic nitrogens is 1. The van der Waals surface area contributed by atoms with E-state index in [2.05, 4.69) is 4.98 Å². The molecule has 0 amide bonds. The number of carboxylic acids is 1. The van der Waals surface area contributed by atoms with Crippen LogP contribution in [0.2, 0.25) is 0 Å². The summed E-state index contributed by atoms with van der Waals surface area (Å²) in [5, 5.41) is 9.34. The second-order valence-electron chi connectivity index (χ2n) is 2.90. The zero-order valence-corrected chi connectivity index (χ0v) is 9.12. The van der Waals surface area contributed by atoms with Gasteiger partial charge in [0.1, 0.15) is 5.03 Å². The summed E-state index contributed by atoms with van der Waals surface area (Å²) in [6.45, 7) is 1.56. The number of rotatable bonds is 4. The quantitative estimate of drug-likeness (QED) is 0.602. The van der Waals surface area contributed by atoms with Crippen molar-refractivity contribution in [1.82, 2.24) is 4.98 Å². The molecular weight excluding hydrogens is 212 g/mol. The SMILES string of the molecule is CC(=CCSc1ncccc1N)C(=O)O. The summed E-state index contributed by atoms with van der Waals surface area (Å²) in [5.74, 6) is -0.344. The van der Waals surface area contributed by atoms with E-state index in [4.69, 9.17) is 10.8 Å². The van der Waals surface area contributed by atoms with Crippen LogP contribution in [-0.4, -0.2) is 21.8 Å². The number of anilines is 1. The molecule has 1 aromatic heterocycles. The lowest BCUT2D eigenvalue weighted by Crippen LogP contribution is -1.96. The minimum absolute atomic E-state index is 0.331. The number of pyridine rings is 1. The Bertz CT molecular complexity index is 391. The van der Waals surface area contributed by atoms with E-state index in [1.807, 2.05) is 0 Å². The number of carboxylic acid groups (broad SMARTS) is 1. The van der Waals surface area contributed by atoms with Crippen LogP contribution < -0.4 is 5.73 Å². The Kier molecular flexibility index (Phi) is 4.17. The van der Waals surface area contributed by atoms with Gasteiger partial charge in [-0.25, -0.2) is 9.78 Å². The topological polar surface area (TPSA) is 76.2 Å². The molecule has 0 aliphatic rings. The van der Waals surface area contributed by atoms with Crippen molar-refractivity contribution in [1.29, 1.82) is 0 Å². The van der Waals surface area contributed by atoms with Crippen LogP contribution in [0.1, 0.15) is 6.92 Å². The van der Waals surface area contributed by atoms with E-state index in [-0.39, 0.29) is 0 Å². The average Bonchev–Trinajstić information content (AvgIpc) is 2.20. The van der Waals surface area contributed by atoms with Crippen LogP contribution in [0.15, 0.2) is 35.0 Å². The molecule has 15 heavy (non-hydrogen) atoms. The molecule has 1 heterocycles. The van der Waals surface area contributed by atoms with Crippen LogP contribution in [0.3, 0.4) is 0 Å². The summed E-state index contributed by atoms with van der Waals surface area (Å²) in [5.41, 5.74) is 6.62. The van der Waals surface area contributed by atoms with Crippen molar-refractivity contribution in [3.63, 3.8) is 0 Å². The fourth-order valence-corrected chi connectivity index (χ4v) is 1.72. The smallest absolute Gasteiger partial charge is 0.330 e. The fraction of sp³-hybridized carbons (Fsp3) is 0.200. The van der Waals surface area contributed by atoms with E-state index in [0.717, 1.165) is 5.03 Å². The third-order valence-corrected chi connectivity index (χ3v) is 2.70. The van der Waals surface area contributed by atoms with E-state index in [9.17, 15) is 4.79 Å². The van der Waals surface area contributed by atoms with E-state index >= 15 is 0 Å². The molecule has 0 aliphatic heterocycles. The highest BCUT2D eigenvalue weighted by molar-refractivity contribution is 7.99. The molecule has 4 nitrogen and oxygen atoms in total. The van der Waals surface area contributed by atoms with Crippen LogP contribution in [0.4, 0.5) is 5.69 Å². The van der Waals surface area contributed by atoms with Gasteiger partial charge in [-0.3, -0.25) is 0 Å². The van der Waals surface area contributed by atoms with E-state index in [0.29, 0.717) is 17.0 Å². The molecule has 5 heteroatoms. The van der Waals surface area contributed by atoms with Gasteiger partial charge in [-0.05, 0) is 19.1 Å². The first-order valence-corrected chi connectivity index (χ1v) is 5.33. The number of nitrogen functional groups attached to an aromatic ring is 1. The summed E-state index contributed by atoms with van der Waals surface area (Å²) in [7, 11) is 0. The molecule has 0 bridgehead atoms. The highest BCUT2D eigenvalue weighted by Crippen LogP contribution is 2.21. The molecule has 0 fully saturated rings. The first-order chi connectivity index (χ1) is 7.11. The molecule has 1 aromatic rings. The van der Waals surface area contributed by atoms with Crippen LogP contribution in [0.25, 0.3) is 0 Å². The van der Waals surface area contributed by atoms with Gasteiger partial charge >= 0.3 is 5.97 Å². The van der Waals surface area contributed by atoms with Gasteiger partial charge in [0, 0.05) is 17.5 Å². The summed E-state index contributed by atoms with van der Waals surface area (Å²) in [4.78, 5) is 14.6. The van der Waals surface area contributed by atoms with Gasteiger partial charge in [0.15, 0.2) is 0 Å². The van der Waals surface area contributed by atoms with Gasteiger partial charge in [0.25, 0.3) is 0 Å². The first-order valence-electron chi connectivity index (χ1n) is 4.34. The lowest BCUT2D eigenvalue weighted by Gasteiger charge is -2.01. The number of nitrogens with two attached hydrogens (primary N) is 1. The van der Waals surface area contributed by atoms with E-state index in [1.54, 1.807) is 31.3 Å². The Hall–Kier alpha value is -1.49. The van der Waals surface area contributed by atoms with Crippen molar-refractivity contribution in [2.24, 2.45) is 0 Å². The normalized spacial score (nSPS) is 11.4. The van der Waals surface area contributed by atoms with Crippen molar-refractivity contribution >= 4 is 23.4 Å². The van der Waals surface area contributed by atoms with Crippen molar-refractivity contribution < 1.29 is 9.90 Å². The molecule has 3 N–H and O–H groups in total. The second-order valence-corrected chi connectivity index (χ2v) is 3.91. The van der Waals surface area contributed by atoms with Gasteiger partial charge in [-0.1, -0.05) is 6.08 Å². The molecule has 1 rings (SSSR count). The van der Waals surface area contributed by atoms with Gasteiger partial charge in [-0.15, -0.1) is 11.8 Å². The first kappa shape index (κ1) is 11.6. The lowest BCUT2D eigenvalue weighted by atomic mass is 10.3. The molecule has 0 unspecified atom stereocenters. The van der Waals surface area contributed by atoms with Gasteiger partial charge in [0.2, 0.25) is 0 Å². The lowest BCUT2D eigenvalue weighted by molar-refractivity contribution is -0.132. The predicted molar refractivity (Wildman–Crippen MR) is 60.8 cm³/mol. The maximum absolute atomic E-state index is 10.5. The Labute approximate surface area is 92.2 Å². The third kappa shape index (κ3) is 3.63. The molecule has 0 saturated heterocycles. The molecule has 0 aliphatic carbocycles. The largest absolute Gasteiger partial charge is 0.478 e. The molecule has 0 saturated carbocycles. The second kappa shape index (κ2) is 5.41. The Morgan fingerprint density at radius 2 is 2.47 bits per heavy atom. The molecule has 0 atom stereocenters. The number of thioether (sulfide) groups is 1. The van der Waals surface area contributed by atoms with Crippen LogP contribution >= 0.6 is 11.8 Å². The molecule has 0 aromatic carbocycles. The van der Waals surface area contributed by atoms with Crippen molar-refractivity contribution in [2.45, 2.75) is 11.9 Å². The monoisotopic (exact) mass is 224 g/mol. The maximum Gasteiger partial charge on any atom is 0.330 e. The molecule has 0 radical (unpaired) electrons. The highest BCUT2D eigenvalue weighted by atomic mass is 32.2. The molecule has 0 spiro atoms. The van der Waals surface area contributed by atoms with Crippen LogP contribution in [0.5, 0.6) is 0 Å². The molecular formula is C10H12N2O2S. The summed E-state index contributed by atoms with van der Waals surface area (Å²) in [6, 6.07) is 3.53. The Morgan fingerprint density at radius 3 is 3.07 bits per heavy atom. The number of hydrogen-bond donors (Lipinski definition) is 2. The maximum atomic E-state index is 10.5. The predicted octanol–water partition coefficient (Wildman–Crippen LogP) is 1.79. The highest BCUT2D eigenvalue weighted by Gasteiger charge is 2.01. The van der Waals surface area contributed by atoms with Crippen molar-refractivity contribution in [3.05, 3.63) is 30.0 Å². The van der Waals surface area contributed by atoms with Crippen LogP contribution in [-0.2, 0) is 4.79 Å². The zero-order chi connectivity index (χ0) is 11.3. The zero-order valence-electron chi connectivity index (χ0n) is 8.30. The van der Waals surface area contributed by atoms with Gasteiger partial charge in [-0.2, -0.15) is 0 Å². The summed E-state index contributed by atoms with van der Waals surface area (Å²) >= 11 is 1.42. The van der Waals surface area contributed by atoms with Gasteiger partial charge < -0.3 is 10.8 Å². The number of nitrogens with zero attached hydrogens (tertiary/aromatic N) is 1. The van der Waals surface area contributed by atoms with E-state index < -0.39 is 5.97 Å². The average molecular weight is 224 g/mol. The number of carbonyl (C=O) groups is 1. The number of hydrogen-bond acceptors (Lipinski definition) is 4. The minimum Gasteiger partial charge on any atom is -0.478 e. The molecule has 80 valence electrons. The third-order valence-electron chi connectivity index (χ3n) is 1.75. The number of aliphatic carboxylic acids is 1. The fourth-order valence-electron chi connectivity index (χ4n) is 0.857. The van der Waals surface area contributed by atoms with E-state index in [1.165, 1.54) is 11.8 Å². The Balaban J connectivity index is 2.55.